The lowest BCUT2D eigenvalue weighted by Crippen LogP contribution is -2.64. The molecule has 0 amide bonds. The molecule has 4 heteroatoms. The highest BCUT2D eigenvalue weighted by Gasteiger charge is 2.45. The highest BCUT2D eigenvalue weighted by atomic mass is 127. The number of nitrogens with zero attached hydrogens (tertiary/aromatic N) is 1. The van der Waals surface area contributed by atoms with Gasteiger partial charge < -0.3 is 0 Å². The van der Waals surface area contributed by atoms with Crippen molar-refractivity contribution < 1.29 is 0 Å². The number of hydrogen-bond acceptors (Lipinski definition) is 1. The maximum absolute atomic E-state index is 6.17. The average molecular weight is 430 g/mol. The van der Waals surface area contributed by atoms with Crippen LogP contribution in [0.3, 0.4) is 0 Å². The topological polar surface area (TPSA) is 12.9 Å². The Labute approximate surface area is 147 Å². The first-order valence-corrected chi connectivity index (χ1v) is 10.9. The van der Waals surface area contributed by atoms with E-state index in [1.165, 1.54) is 14.1 Å². The summed E-state index contributed by atoms with van der Waals surface area (Å²) in [4.78, 5) is 4.76. The van der Waals surface area contributed by atoms with E-state index in [2.05, 4.69) is 74.6 Å². The molecule has 112 valence electrons. The van der Waals surface area contributed by atoms with Crippen LogP contribution in [0.15, 0.2) is 42.6 Å². The van der Waals surface area contributed by atoms with Crippen molar-refractivity contribution in [2.24, 2.45) is 0 Å². The molecule has 2 aromatic rings. The maximum atomic E-state index is 6.17. The Hall–Kier alpha value is -0.393. The zero-order valence-corrected chi connectivity index (χ0v) is 16.8. The van der Waals surface area contributed by atoms with E-state index in [9.17, 15) is 0 Å². The van der Waals surface area contributed by atoms with Gasteiger partial charge in [0.25, 0.3) is 0 Å². The van der Waals surface area contributed by atoms with Crippen LogP contribution in [-0.4, -0.2) is 13.1 Å². The van der Waals surface area contributed by atoms with Gasteiger partial charge in [0.1, 0.15) is 8.07 Å². The van der Waals surface area contributed by atoms with Crippen molar-refractivity contribution in [3.8, 4) is 0 Å². The van der Waals surface area contributed by atoms with Crippen LogP contribution in [0.25, 0.3) is 0 Å². The van der Waals surface area contributed by atoms with Gasteiger partial charge >= 0.3 is 0 Å². The van der Waals surface area contributed by atoms with E-state index in [4.69, 9.17) is 16.6 Å². The molecule has 0 aliphatic rings. The molecule has 21 heavy (non-hydrogen) atoms. The van der Waals surface area contributed by atoms with Crippen molar-refractivity contribution in [1.29, 1.82) is 0 Å². The SMILES string of the molecule is CC(C)[Si](c1ccccn1)(c1ccc(Cl)cc1I)C(C)C. The summed E-state index contributed by atoms with van der Waals surface area (Å²) in [5.41, 5.74) is 1.14. The van der Waals surface area contributed by atoms with Gasteiger partial charge in [0.2, 0.25) is 0 Å². The standard InChI is InChI=1S/C17H21ClINSi/c1-12(2)21(13(3)4,17-7-5-6-10-20-17)16-9-8-14(18)11-15(16)19/h5-13H,1-4H3. The predicted molar refractivity (Wildman–Crippen MR) is 104 cm³/mol. The van der Waals surface area contributed by atoms with Crippen LogP contribution in [0.4, 0.5) is 0 Å². The predicted octanol–water partition coefficient (Wildman–Crippen LogP) is 4.72. The van der Waals surface area contributed by atoms with Crippen molar-refractivity contribution >= 4 is 52.8 Å². The second kappa shape index (κ2) is 6.80. The van der Waals surface area contributed by atoms with Crippen LogP contribution in [-0.2, 0) is 0 Å². The van der Waals surface area contributed by atoms with Crippen LogP contribution in [0, 0.1) is 3.57 Å². The fourth-order valence-corrected chi connectivity index (χ4v) is 11.2. The summed E-state index contributed by atoms with van der Waals surface area (Å²) >= 11 is 8.59. The Morgan fingerprint density at radius 3 is 2.19 bits per heavy atom. The van der Waals surface area contributed by atoms with Crippen molar-refractivity contribution in [3.05, 3.63) is 51.2 Å². The normalized spacial score (nSPS) is 12.2. The molecule has 0 fully saturated rings. The van der Waals surface area contributed by atoms with Crippen LogP contribution in [0.1, 0.15) is 27.7 Å². The summed E-state index contributed by atoms with van der Waals surface area (Å²) in [7, 11) is -1.95. The monoisotopic (exact) mass is 429 g/mol. The molecular formula is C17H21ClINSi. The minimum Gasteiger partial charge on any atom is -0.266 e. The lowest BCUT2D eigenvalue weighted by molar-refractivity contribution is 0.922. The van der Waals surface area contributed by atoms with Gasteiger partial charge in [-0.15, -0.1) is 0 Å². The molecule has 0 saturated carbocycles. The summed E-state index contributed by atoms with van der Waals surface area (Å²) in [6.45, 7) is 9.36. The third kappa shape index (κ3) is 3.05. The van der Waals surface area contributed by atoms with Gasteiger partial charge in [-0.2, -0.15) is 0 Å². The lowest BCUT2D eigenvalue weighted by atomic mass is 10.4. The summed E-state index contributed by atoms with van der Waals surface area (Å²) < 4.78 is 1.26. The molecule has 0 N–H and O–H groups in total. The van der Waals surface area contributed by atoms with Crippen LogP contribution in [0.2, 0.25) is 16.1 Å². The molecule has 0 aliphatic heterocycles. The van der Waals surface area contributed by atoms with E-state index in [0.29, 0.717) is 11.1 Å². The van der Waals surface area contributed by atoms with E-state index >= 15 is 0 Å². The average Bonchev–Trinajstić information content (AvgIpc) is 2.42. The van der Waals surface area contributed by atoms with Crippen molar-refractivity contribution in [3.63, 3.8) is 0 Å². The molecule has 1 aromatic heterocycles. The van der Waals surface area contributed by atoms with Crippen LogP contribution in [0.5, 0.6) is 0 Å². The van der Waals surface area contributed by atoms with Gasteiger partial charge in [-0.1, -0.05) is 51.4 Å². The molecule has 0 unspecified atom stereocenters. The fourth-order valence-electron chi connectivity index (χ4n) is 3.45. The molecular weight excluding hydrogens is 409 g/mol. The Morgan fingerprint density at radius 2 is 1.71 bits per heavy atom. The summed E-state index contributed by atoms with van der Waals surface area (Å²) in [6, 6.07) is 12.6. The lowest BCUT2D eigenvalue weighted by Gasteiger charge is -2.40. The smallest absolute Gasteiger partial charge is 0.147 e. The van der Waals surface area contributed by atoms with Gasteiger partial charge in [0.05, 0.1) is 0 Å². The molecule has 0 saturated heterocycles. The highest BCUT2D eigenvalue weighted by molar-refractivity contribution is 14.1. The molecule has 0 atom stereocenters. The minimum absolute atomic E-state index is 0.571. The van der Waals surface area contributed by atoms with Gasteiger partial charge in [0, 0.05) is 20.1 Å². The van der Waals surface area contributed by atoms with Gasteiger partial charge in [-0.05, 0) is 63.1 Å². The first-order chi connectivity index (χ1) is 9.90. The third-order valence-corrected chi connectivity index (χ3v) is 12.0. The number of aromatic nitrogens is 1. The molecule has 2 rings (SSSR count). The Balaban J connectivity index is 2.77. The summed E-state index contributed by atoms with van der Waals surface area (Å²) in [5, 5.41) is 3.53. The van der Waals surface area contributed by atoms with Crippen molar-refractivity contribution in [1.82, 2.24) is 4.98 Å². The number of benzene rings is 1. The van der Waals surface area contributed by atoms with Crippen LogP contribution < -0.4 is 10.5 Å². The third-order valence-electron chi connectivity index (χ3n) is 4.29. The van der Waals surface area contributed by atoms with E-state index < -0.39 is 8.07 Å². The quantitative estimate of drug-likeness (QED) is 0.506. The van der Waals surface area contributed by atoms with E-state index in [-0.39, 0.29) is 0 Å². The minimum atomic E-state index is -1.95. The van der Waals surface area contributed by atoms with Crippen molar-refractivity contribution in [2.45, 2.75) is 38.8 Å². The maximum Gasteiger partial charge on any atom is 0.147 e. The number of pyridine rings is 1. The Bertz CT molecular complexity index is 605. The zero-order chi connectivity index (χ0) is 15.6. The summed E-state index contributed by atoms with van der Waals surface area (Å²) in [5.74, 6) is 0. The largest absolute Gasteiger partial charge is 0.266 e. The number of halogens is 2. The Kier molecular flexibility index (Phi) is 5.49. The molecule has 0 bridgehead atoms. The van der Waals surface area contributed by atoms with Crippen molar-refractivity contribution in [2.75, 3.05) is 0 Å². The zero-order valence-electron chi connectivity index (χ0n) is 12.9. The van der Waals surface area contributed by atoms with Gasteiger partial charge in [0.15, 0.2) is 0 Å². The van der Waals surface area contributed by atoms with E-state index in [0.717, 1.165) is 5.02 Å². The molecule has 1 aromatic carbocycles. The van der Waals surface area contributed by atoms with E-state index in [1.54, 1.807) is 0 Å². The van der Waals surface area contributed by atoms with Gasteiger partial charge in [-0.25, -0.2) is 0 Å². The molecule has 0 spiro atoms. The molecule has 0 aliphatic carbocycles. The number of rotatable bonds is 4. The Morgan fingerprint density at radius 1 is 1.05 bits per heavy atom. The molecule has 0 radical (unpaired) electrons. The van der Waals surface area contributed by atoms with Crippen LogP contribution >= 0.6 is 34.2 Å². The second-order valence-electron chi connectivity index (χ2n) is 6.02. The molecule has 1 nitrogen and oxygen atoms in total. The molecule has 1 heterocycles. The van der Waals surface area contributed by atoms with E-state index in [1.807, 2.05) is 18.3 Å². The fraction of sp³-hybridized carbons (Fsp3) is 0.353. The first-order valence-electron chi connectivity index (χ1n) is 7.27. The highest BCUT2D eigenvalue weighted by Crippen LogP contribution is 2.33. The summed E-state index contributed by atoms with van der Waals surface area (Å²) in [6.07, 6.45) is 1.92. The second-order valence-corrected chi connectivity index (χ2v) is 12.7. The number of hydrogen-bond donors (Lipinski definition) is 0. The first kappa shape index (κ1) is 17.0. The van der Waals surface area contributed by atoms with Gasteiger partial charge in [-0.3, -0.25) is 4.98 Å².